The third-order valence-electron chi connectivity index (χ3n) is 3.17. The predicted molar refractivity (Wildman–Crippen MR) is 65.4 cm³/mol. The first-order chi connectivity index (χ1) is 8.56. The summed E-state index contributed by atoms with van der Waals surface area (Å²) in [5.74, 6) is -0.307. The van der Waals surface area contributed by atoms with E-state index < -0.39 is 5.41 Å². The van der Waals surface area contributed by atoms with Crippen molar-refractivity contribution in [3.63, 3.8) is 0 Å². The number of amidine groups is 1. The molecule has 1 fully saturated rings. The average Bonchev–Trinajstić information content (AvgIpc) is 2.38. The Morgan fingerprint density at radius 3 is 2.72 bits per heavy atom. The third-order valence-corrected chi connectivity index (χ3v) is 3.17. The molecule has 18 heavy (non-hydrogen) atoms. The number of nitrogens with one attached hydrogen (secondary N) is 1. The molecule has 7 nitrogen and oxygen atoms in total. The van der Waals surface area contributed by atoms with Crippen molar-refractivity contribution in [2.75, 3.05) is 26.9 Å². The van der Waals surface area contributed by atoms with Gasteiger partial charge >= 0.3 is 0 Å². The maximum absolute atomic E-state index is 12.3. The molecule has 1 atom stereocenters. The number of carbonyl (C=O) groups excluding carboxylic acids is 1. The number of amides is 1. The summed E-state index contributed by atoms with van der Waals surface area (Å²) in [5.41, 5.74) is 4.71. The predicted octanol–water partition coefficient (Wildman–Crippen LogP) is -0.319. The van der Waals surface area contributed by atoms with Crippen molar-refractivity contribution in [1.29, 1.82) is 0 Å². The molecule has 1 heterocycles. The second-order valence-electron chi connectivity index (χ2n) is 4.51. The second-order valence-corrected chi connectivity index (χ2v) is 4.51. The maximum Gasteiger partial charge on any atom is 0.234 e. The Morgan fingerprint density at radius 1 is 1.61 bits per heavy atom. The van der Waals surface area contributed by atoms with Crippen molar-refractivity contribution < 1.29 is 19.5 Å². The van der Waals surface area contributed by atoms with Crippen LogP contribution in [0.4, 0.5) is 0 Å². The Balaban J connectivity index is 2.80. The maximum atomic E-state index is 12.3. The van der Waals surface area contributed by atoms with Crippen molar-refractivity contribution in [3.05, 3.63) is 0 Å². The van der Waals surface area contributed by atoms with Gasteiger partial charge in [-0.3, -0.25) is 4.79 Å². The minimum atomic E-state index is -0.977. The van der Waals surface area contributed by atoms with Gasteiger partial charge < -0.3 is 25.7 Å². The van der Waals surface area contributed by atoms with Gasteiger partial charge in [-0.25, -0.2) is 0 Å². The number of rotatable bonds is 5. The fraction of sp³-hybridized carbons (Fsp3) is 0.818. The van der Waals surface area contributed by atoms with Crippen LogP contribution in [0.15, 0.2) is 5.16 Å². The molecule has 1 aliphatic heterocycles. The van der Waals surface area contributed by atoms with E-state index in [2.05, 4.69) is 10.5 Å². The largest absolute Gasteiger partial charge is 0.409 e. The summed E-state index contributed by atoms with van der Waals surface area (Å²) in [4.78, 5) is 12.3. The quantitative estimate of drug-likeness (QED) is 0.271. The molecule has 0 bridgehead atoms. The van der Waals surface area contributed by atoms with Crippen molar-refractivity contribution in [2.45, 2.75) is 25.8 Å². The number of oxime groups is 1. The summed E-state index contributed by atoms with van der Waals surface area (Å²) in [7, 11) is 1.57. The smallest absolute Gasteiger partial charge is 0.234 e. The first-order valence-corrected chi connectivity index (χ1v) is 5.92. The van der Waals surface area contributed by atoms with Crippen LogP contribution in [0.5, 0.6) is 0 Å². The Morgan fingerprint density at radius 2 is 2.22 bits per heavy atom. The van der Waals surface area contributed by atoms with E-state index in [4.69, 9.17) is 20.4 Å². The first-order valence-electron chi connectivity index (χ1n) is 5.92. The summed E-state index contributed by atoms with van der Waals surface area (Å²) >= 11 is 0. The molecule has 1 amide bonds. The lowest BCUT2D eigenvalue weighted by Crippen LogP contribution is -2.54. The van der Waals surface area contributed by atoms with Gasteiger partial charge in [-0.15, -0.1) is 0 Å². The van der Waals surface area contributed by atoms with E-state index in [1.807, 2.05) is 6.92 Å². The summed E-state index contributed by atoms with van der Waals surface area (Å²) in [6.45, 7) is 3.08. The molecule has 0 aromatic carbocycles. The minimum Gasteiger partial charge on any atom is -0.409 e. The number of ether oxygens (including phenoxy) is 2. The molecular weight excluding hydrogens is 238 g/mol. The molecule has 0 spiro atoms. The van der Waals surface area contributed by atoms with Gasteiger partial charge in [-0.2, -0.15) is 0 Å². The first kappa shape index (κ1) is 14.7. The molecule has 4 N–H and O–H groups in total. The molecular formula is C11H21N3O4. The highest BCUT2D eigenvalue weighted by Gasteiger charge is 2.44. The van der Waals surface area contributed by atoms with Crippen LogP contribution in [0, 0.1) is 5.41 Å². The van der Waals surface area contributed by atoms with Crippen molar-refractivity contribution in [3.8, 4) is 0 Å². The highest BCUT2D eigenvalue weighted by atomic mass is 16.5. The summed E-state index contributed by atoms with van der Waals surface area (Å²) in [5, 5.41) is 14.7. The summed E-state index contributed by atoms with van der Waals surface area (Å²) in [6.07, 6.45) is 0.822. The topological polar surface area (TPSA) is 106 Å². The highest BCUT2D eigenvalue weighted by molar-refractivity contribution is 6.06. The van der Waals surface area contributed by atoms with Crippen molar-refractivity contribution in [2.24, 2.45) is 16.3 Å². The van der Waals surface area contributed by atoms with Gasteiger partial charge in [-0.05, 0) is 19.8 Å². The highest BCUT2D eigenvalue weighted by Crippen LogP contribution is 2.31. The van der Waals surface area contributed by atoms with Gasteiger partial charge in [0.2, 0.25) is 5.91 Å². The molecule has 0 aliphatic carbocycles. The van der Waals surface area contributed by atoms with E-state index in [1.165, 1.54) is 0 Å². The van der Waals surface area contributed by atoms with Gasteiger partial charge in [0, 0.05) is 26.4 Å². The zero-order valence-electron chi connectivity index (χ0n) is 10.8. The van der Waals surface area contributed by atoms with Crippen molar-refractivity contribution >= 4 is 11.7 Å². The van der Waals surface area contributed by atoms with Crippen LogP contribution in [-0.4, -0.2) is 49.9 Å². The molecule has 1 saturated heterocycles. The Labute approximate surface area is 106 Å². The molecule has 104 valence electrons. The zero-order valence-corrected chi connectivity index (χ0v) is 10.8. The van der Waals surface area contributed by atoms with Crippen LogP contribution in [0.3, 0.4) is 0 Å². The lowest BCUT2D eigenvalue weighted by Gasteiger charge is -2.35. The number of carbonyl (C=O) groups is 1. The Bertz CT molecular complexity index is 313. The minimum absolute atomic E-state index is 0.0621. The van der Waals surface area contributed by atoms with Crippen LogP contribution < -0.4 is 11.1 Å². The normalized spacial score (nSPS) is 21.3. The molecule has 0 saturated carbocycles. The zero-order chi connectivity index (χ0) is 13.6. The lowest BCUT2D eigenvalue weighted by atomic mass is 9.78. The summed E-state index contributed by atoms with van der Waals surface area (Å²) < 4.78 is 10.2. The van der Waals surface area contributed by atoms with E-state index in [0.29, 0.717) is 32.7 Å². The van der Waals surface area contributed by atoms with E-state index >= 15 is 0 Å². The SMILES string of the molecule is COCC(C)NC(=O)C1(C(N)=NO)CCOCC1. The number of methoxy groups -OCH3 is 1. The fourth-order valence-electron chi connectivity index (χ4n) is 2.07. The second kappa shape index (κ2) is 6.55. The monoisotopic (exact) mass is 259 g/mol. The third kappa shape index (κ3) is 3.11. The Hall–Kier alpha value is -1.34. The van der Waals surface area contributed by atoms with E-state index in [-0.39, 0.29) is 17.8 Å². The van der Waals surface area contributed by atoms with Gasteiger partial charge in [0.15, 0.2) is 5.84 Å². The Kier molecular flexibility index (Phi) is 5.36. The van der Waals surface area contributed by atoms with E-state index in [9.17, 15) is 4.79 Å². The average molecular weight is 259 g/mol. The molecule has 1 aliphatic rings. The van der Waals surface area contributed by atoms with Gasteiger partial charge in [0.05, 0.1) is 6.61 Å². The molecule has 1 unspecified atom stereocenters. The van der Waals surface area contributed by atoms with Crippen molar-refractivity contribution in [1.82, 2.24) is 5.32 Å². The lowest BCUT2D eigenvalue weighted by molar-refractivity contribution is -0.132. The van der Waals surface area contributed by atoms with Gasteiger partial charge in [-0.1, -0.05) is 5.16 Å². The molecule has 7 heteroatoms. The summed E-state index contributed by atoms with van der Waals surface area (Å²) in [6, 6.07) is -0.131. The van der Waals surface area contributed by atoms with Crippen LogP contribution in [0.2, 0.25) is 0 Å². The van der Waals surface area contributed by atoms with Gasteiger partial charge in [0.25, 0.3) is 0 Å². The van der Waals surface area contributed by atoms with E-state index in [1.54, 1.807) is 7.11 Å². The standard InChI is InChI=1S/C11H21N3O4/c1-8(7-17-2)13-10(15)11(9(12)14-16)3-5-18-6-4-11/h8,16H,3-7H2,1-2H3,(H2,12,14)(H,13,15). The fourth-order valence-corrected chi connectivity index (χ4v) is 2.07. The number of hydrogen-bond donors (Lipinski definition) is 3. The van der Waals surface area contributed by atoms with Crippen LogP contribution >= 0.6 is 0 Å². The van der Waals surface area contributed by atoms with Gasteiger partial charge in [0.1, 0.15) is 5.41 Å². The molecule has 0 aromatic rings. The number of nitrogens with zero attached hydrogens (tertiary/aromatic N) is 1. The number of nitrogens with two attached hydrogens (primary N) is 1. The van der Waals surface area contributed by atoms with Crippen LogP contribution in [0.25, 0.3) is 0 Å². The number of hydrogen-bond acceptors (Lipinski definition) is 5. The molecule has 0 radical (unpaired) electrons. The van der Waals surface area contributed by atoms with E-state index in [0.717, 1.165) is 0 Å². The molecule has 1 rings (SSSR count). The van der Waals surface area contributed by atoms with Crippen LogP contribution in [-0.2, 0) is 14.3 Å². The molecule has 0 aromatic heterocycles. The van der Waals surface area contributed by atoms with Crippen LogP contribution in [0.1, 0.15) is 19.8 Å².